The number of thioether (sulfide) groups is 1. The first kappa shape index (κ1) is 15.8. The number of thiazole rings is 1. The van der Waals surface area contributed by atoms with E-state index in [2.05, 4.69) is 19.9 Å². The summed E-state index contributed by atoms with van der Waals surface area (Å²) in [4.78, 5) is 30.4. The van der Waals surface area contributed by atoms with Crippen LogP contribution in [-0.4, -0.2) is 57.7 Å². The molecule has 5 rings (SSSR count). The van der Waals surface area contributed by atoms with Crippen molar-refractivity contribution in [2.45, 2.75) is 23.2 Å². The Balaban J connectivity index is 1.55. The minimum atomic E-state index is 0.0667. The second-order valence-electron chi connectivity index (χ2n) is 6.21. The van der Waals surface area contributed by atoms with E-state index in [9.17, 15) is 4.79 Å². The highest BCUT2D eigenvalue weighted by atomic mass is 32.2. The number of carbonyl (C=O) groups is 1. The van der Waals surface area contributed by atoms with Crippen LogP contribution in [0, 0.1) is 5.92 Å². The summed E-state index contributed by atoms with van der Waals surface area (Å²) in [6.07, 6.45) is 7.73. The second kappa shape index (κ2) is 6.68. The lowest BCUT2D eigenvalue weighted by Gasteiger charge is -2.35. The molecule has 0 spiro atoms. The summed E-state index contributed by atoms with van der Waals surface area (Å²) in [6.45, 7) is 2.52. The largest absolute Gasteiger partial charge is 0.338 e. The van der Waals surface area contributed by atoms with E-state index in [0.29, 0.717) is 11.6 Å². The monoisotopic (exact) mass is 361 g/mol. The van der Waals surface area contributed by atoms with Crippen LogP contribution in [-0.2, 0) is 0 Å². The fourth-order valence-corrected chi connectivity index (χ4v) is 4.78. The molecule has 0 aromatic carbocycles. The Kier molecular flexibility index (Phi) is 4.41. The molecule has 2 aromatic heterocycles. The maximum Gasteiger partial charge on any atom is 0.273 e. The molecule has 2 aromatic rings. The molecule has 2 unspecified atom stereocenters. The van der Waals surface area contributed by atoms with Crippen molar-refractivity contribution in [2.24, 2.45) is 5.92 Å². The Morgan fingerprint density at radius 1 is 1.25 bits per heavy atom. The van der Waals surface area contributed by atoms with Crippen LogP contribution in [0.15, 0.2) is 28.2 Å². The van der Waals surface area contributed by atoms with Crippen LogP contribution in [0.2, 0.25) is 0 Å². The molecule has 3 aliphatic rings. The van der Waals surface area contributed by atoms with Crippen molar-refractivity contribution < 1.29 is 4.79 Å². The molecule has 126 valence electrons. The van der Waals surface area contributed by atoms with Crippen LogP contribution in [0.5, 0.6) is 0 Å². The summed E-state index contributed by atoms with van der Waals surface area (Å²) in [7, 11) is 0. The fraction of sp³-hybridized carbons (Fsp3) is 0.500. The molecular weight excluding hydrogens is 342 g/mol. The first-order chi connectivity index (χ1) is 11.7. The number of fused-ring (bicyclic) bond motifs is 4. The van der Waals surface area contributed by atoms with Crippen molar-refractivity contribution in [3.05, 3.63) is 29.5 Å². The van der Waals surface area contributed by atoms with Crippen molar-refractivity contribution in [1.82, 2.24) is 19.9 Å². The molecule has 0 N–H and O–H groups in total. The van der Waals surface area contributed by atoms with Gasteiger partial charge in [0.15, 0.2) is 0 Å². The van der Waals surface area contributed by atoms with E-state index in [1.807, 2.05) is 22.6 Å². The number of amides is 1. The molecule has 3 aliphatic heterocycles. The number of hydrogen-bond donors (Lipinski definition) is 0. The summed E-state index contributed by atoms with van der Waals surface area (Å²) in [5.41, 5.74) is 0.583. The van der Waals surface area contributed by atoms with E-state index >= 15 is 0 Å². The van der Waals surface area contributed by atoms with Crippen molar-refractivity contribution in [3.8, 4) is 0 Å². The Morgan fingerprint density at radius 3 is 2.83 bits per heavy atom. The minimum absolute atomic E-state index is 0.0667. The molecule has 6 nitrogen and oxygen atoms in total. The van der Waals surface area contributed by atoms with Gasteiger partial charge in [-0.2, -0.15) is 0 Å². The maximum atomic E-state index is 12.9. The van der Waals surface area contributed by atoms with Gasteiger partial charge in [-0.25, -0.2) is 15.0 Å². The average Bonchev–Trinajstić information content (AvgIpc) is 2.93. The molecule has 0 saturated carbocycles. The highest BCUT2D eigenvalue weighted by Gasteiger charge is 2.38. The predicted molar refractivity (Wildman–Crippen MR) is 95.7 cm³/mol. The summed E-state index contributed by atoms with van der Waals surface area (Å²) < 4.78 is 0.942. The summed E-state index contributed by atoms with van der Waals surface area (Å²) in [6, 6.07) is 2.04. The van der Waals surface area contributed by atoms with E-state index in [1.54, 1.807) is 24.2 Å². The molecule has 3 fully saturated rings. The number of carbonyl (C=O) groups excluding carboxylic acids is 1. The zero-order valence-electron chi connectivity index (χ0n) is 13.5. The normalized spacial score (nSPS) is 23.4. The third-order valence-corrected chi connectivity index (χ3v) is 6.55. The third kappa shape index (κ3) is 3.00. The standard InChI is InChI=1S/C16H19N5OS2/c1-23-16-19-13(10-24-16)14(22)21-8-11-3-4-12(21)9-20(7-11)15-17-5-2-6-18-15/h2,5-6,10-12H,3-4,7-9H2,1H3. The van der Waals surface area contributed by atoms with Crippen molar-refractivity contribution in [3.63, 3.8) is 0 Å². The van der Waals surface area contributed by atoms with Gasteiger partial charge in [0.25, 0.3) is 5.91 Å². The SMILES string of the molecule is CSc1nc(C(=O)N2CC3CCC2CN(c2ncccn2)C3)cs1. The summed E-state index contributed by atoms with van der Waals surface area (Å²) >= 11 is 3.12. The number of piperidine rings is 1. The number of hydrogen-bond acceptors (Lipinski definition) is 7. The fourth-order valence-electron chi connectivity index (χ4n) is 3.54. The van der Waals surface area contributed by atoms with Gasteiger partial charge in [0.2, 0.25) is 5.95 Å². The number of aromatic nitrogens is 3. The zero-order chi connectivity index (χ0) is 16.5. The summed E-state index contributed by atoms with van der Waals surface area (Å²) in [5, 5.41) is 1.88. The molecule has 0 aliphatic carbocycles. The van der Waals surface area contributed by atoms with Gasteiger partial charge in [0.1, 0.15) is 10.0 Å². The number of anilines is 1. The molecule has 3 saturated heterocycles. The number of nitrogens with zero attached hydrogens (tertiary/aromatic N) is 5. The van der Waals surface area contributed by atoms with Gasteiger partial charge in [-0.15, -0.1) is 11.3 Å². The zero-order valence-corrected chi connectivity index (χ0v) is 15.1. The van der Waals surface area contributed by atoms with E-state index in [-0.39, 0.29) is 11.9 Å². The van der Waals surface area contributed by atoms with Gasteiger partial charge in [-0.05, 0) is 31.1 Å². The molecule has 8 heteroatoms. The van der Waals surface area contributed by atoms with Crippen molar-refractivity contribution >= 4 is 35.0 Å². The quantitative estimate of drug-likeness (QED) is 0.783. The van der Waals surface area contributed by atoms with Gasteiger partial charge >= 0.3 is 0 Å². The van der Waals surface area contributed by atoms with E-state index < -0.39 is 0 Å². The van der Waals surface area contributed by atoms with Crippen LogP contribution >= 0.6 is 23.1 Å². The van der Waals surface area contributed by atoms with Crippen LogP contribution in [0.4, 0.5) is 5.95 Å². The maximum absolute atomic E-state index is 12.9. The average molecular weight is 361 g/mol. The van der Waals surface area contributed by atoms with Gasteiger partial charge in [-0.1, -0.05) is 11.8 Å². The van der Waals surface area contributed by atoms with Gasteiger partial charge < -0.3 is 9.80 Å². The topological polar surface area (TPSA) is 62.2 Å². The Morgan fingerprint density at radius 2 is 2.08 bits per heavy atom. The van der Waals surface area contributed by atoms with Crippen LogP contribution < -0.4 is 4.90 Å². The molecule has 2 atom stereocenters. The van der Waals surface area contributed by atoms with E-state index in [4.69, 9.17) is 0 Å². The van der Waals surface area contributed by atoms with Crippen LogP contribution in [0.25, 0.3) is 0 Å². The summed E-state index contributed by atoms with van der Waals surface area (Å²) in [5.74, 6) is 1.30. The number of rotatable bonds is 3. The molecule has 1 amide bonds. The van der Waals surface area contributed by atoms with Gasteiger partial charge in [-0.3, -0.25) is 4.79 Å². The van der Waals surface area contributed by atoms with E-state index in [0.717, 1.165) is 42.8 Å². The Bertz CT molecular complexity index is 722. The van der Waals surface area contributed by atoms with E-state index in [1.165, 1.54) is 11.3 Å². The van der Waals surface area contributed by atoms with Crippen LogP contribution in [0.3, 0.4) is 0 Å². The van der Waals surface area contributed by atoms with Crippen molar-refractivity contribution in [1.29, 1.82) is 0 Å². The molecule has 0 radical (unpaired) electrons. The predicted octanol–water partition coefficient (Wildman–Crippen LogP) is 2.40. The van der Waals surface area contributed by atoms with Crippen molar-refractivity contribution in [2.75, 3.05) is 30.8 Å². The lowest BCUT2D eigenvalue weighted by molar-refractivity contribution is 0.0586. The lowest BCUT2D eigenvalue weighted by Crippen LogP contribution is -2.47. The highest BCUT2D eigenvalue weighted by Crippen LogP contribution is 2.31. The van der Waals surface area contributed by atoms with Gasteiger partial charge in [0.05, 0.1) is 0 Å². The van der Waals surface area contributed by atoms with Crippen LogP contribution in [0.1, 0.15) is 23.3 Å². The first-order valence-corrected chi connectivity index (χ1v) is 10.2. The highest BCUT2D eigenvalue weighted by molar-refractivity contribution is 8.00. The molecule has 5 heterocycles. The first-order valence-electron chi connectivity index (χ1n) is 8.07. The molecule has 2 bridgehead atoms. The lowest BCUT2D eigenvalue weighted by atomic mass is 9.95. The molecular formula is C16H19N5OS2. The second-order valence-corrected chi connectivity index (χ2v) is 8.12. The smallest absolute Gasteiger partial charge is 0.273 e. The Labute approximate surface area is 149 Å². The van der Waals surface area contributed by atoms with Gasteiger partial charge in [0, 0.05) is 43.4 Å². The Hall–Kier alpha value is -1.67. The molecule has 24 heavy (non-hydrogen) atoms. The third-order valence-electron chi connectivity index (χ3n) is 4.69. The minimum Gasteiger partial charge on any atom is -0.338 e.